The Labute approximate surface area is 74.0 Å². The Hall–Kier alpha value is 0.110. The quantitative estimate of drug-likeness (QED) is 0.654. The number of hydrogen-bond donors (Lipinski definition) is 1. The summed E-state index contributed by atoms with van der Waals surface area (Å²) in [4.78, 5) is 0. The van der Waals surface area contributed by atoms with Gasteiger partial charge in [0.2, 0.25) is 0 Å². The molecule has 0 aliphatic rings. The fourth-order valence-corrected chi connectivity index (χ4v) is 2.67. The van der Waals surface area contributed by atoms with Gasteiger partial charge in [0.05, 0.1) is 19.4 Å². The summed E-state index contributed by atoms with van der Waals surface area (Å²) in [6.07, 6.45) is 0.286. The lowest BCUT2D eigenvalue weighted by Gasteiger charge is -2.18. The molecule has 0 unspecified atom stereocenters. The van der Waals surface area contributed by atoms with Gasteiger partial charge in [-0.15, -0.1) is 0 Å². The molecular weight excluding hydrogens is 177 g/mol. The van der Waals surface area contributed by atoms with Crippen molar-refractivity contribution < 1.29 is 13.6 Å². The summed E-state index contributed by atoms with van der Waals surface area (Å²) in [5.74, 6) is 0. The first-order valence-corrected chi connectivity index (χ1v) is 5.90. The molecule has 2 N–H and O–H groups in total. The van der Waals surface area contributed by atoms with Gasteiger partial charge >= 0.3 is 7.60 Å². The maximum Gasteiger partial charge on any atom is 0.332 e. The van der Waals surface area contributed by atoms with E-state index >= 15 is 0 Å². The van der Waals surface area contributed by atoms with Crippen molar-refractivity contribution in [1.82, 2.24) is 0 Å². The van der Waals surface area contributed by atoms with Crippen LogP contribution in [-0.4, -0.2) is 25.4 Å². The molecule has 12 heavy (non-hydrogen) atoms. The van der Waals surface area contributed by atoms with Gasteiger partial charge < -0.3 is 14.8 Å². The van der Waals surface area contributed by atoms with Gasteiger partial charge in [-0.25, -0.2) is 0 Å². The molecule has 74 valence electrons. The monoisotopic (exact) mass is 195 g/mol. The Kier molecular flexibility index (Phi) is 5.76. The molecule has 0 spiro atoms. The maximum absolute atomic E-state index is 11.7. The maximum atomic E-state index is 11.7. The molecule has 0 aliphatic heterocycles. The molecule has 4 nitrogen and oxygen atoms in total. The molecule has 0 rings (SSSR count). The minimum absolute atomic E-state index is 0.158. The zero-order valence-electron chi connectivity index (χ0n) is 7.95. The van der Waals surface area contributed by atoms with Gasteiger partial charge in [-0.05, 0) is 20.8 Å². The van der Waals surface area contributed by atoms with E-state index in [9.17, 15) is 4.57 Å². The van der Waals surface area contributed by atoms with Crippen molar-refractivity contribution >= 4 is 7.60 Å². The first kappa shape index (κ1) is 12.1. The molecule has 0 amide bonds. The zero-order chi connectivity index (χ0) is 9.61. The second-order valence-electron chi connectivity index (χ2n) is 2.61. The molecule has 0 fully saturated rings. The van der Waals surface area contributed by atoms with Crippen LogP contribution in [-0.2, 0) is 13.6 Å². The molecule has 0 aliphatic carbocycles. The first-order chi connectivity index (χ1) is 5.54. The molecule has 1 atom stereocenters. The van der Waals surface area contributed by atoms with E-state index in [1.54, 1.807) is 20.8 Å². The molecule has 0 saturated heterocycles. The third-order valence-corrected chi connectivity index (χ3v) is 3.49. The minimum atomic E-state index is -2.90. The van der Waals surface area contributed by atoms with Crippen LogP contribution < -0.4 is 5.73 Å². The van der Waals surface area contributed by atoms with Gasteiger partial charge in [0.15, 0.2) is 0 Å². The Morgan fingerprint density at radius 3 is 2.00 bits per heavy atom. The van der Waals surface area contributed by atoms with Crippen LogP contribution in [0.15, 0.2) is 0 Å². The summed E-state index contributed by atoms with van der Waals surface area (Å²) in [6.45, 7) is 6.14. The SMILES string of the molecule is CCOP(=O)(C[C@H](C)N)OCC. The molecule has 0 saturated carbocycles. The van der Waals surface area contributed by atoms with Crippen LogP contribution in [0, 0.1) is 0 Å². The summed E-state index contributed by atoms with van der Waals surface area (Å²) >= 11 is 0. The van der Waals surface area contributed by atoms with E-state index < -0.39 is 7.60 Å². The van der Waals surface area contributed by atoms with Crippen molar-refractivity contribution in [1.29, 1.82) is 0 Å². The molecular formula is C7H18NO3P. The van der Waals surface area contributed by atoms with Gasteiger partial charge in [0, 0.05) is 6.04 Å². The third-order valence-electron chi connectivity index (χ3n) is 1.16. The van der Waals surface area contributed by atoms with Crippen molar-refractivity contribution in [2.45, 2.75) is 26.8 Å². The summed E-state index contributed by atoms with van der Waals surface area (Å²) < 4.78 is 21.8. The van der Waals surface area contributed by atoms with Crippen LogP contribution in [0.2, 0.25) is 0 Å². The van der Waals surface area contributed by atoms with Gasteiger partial charge in [0.25, 0.3) is 0 Å². The third kappa shape index (κ3) is 4.88. The van der Waals surface area contributed by atoms with Crippen molar-refractivity contribution in [2.75, 3.05) is 19.4 Å². The second-order valence-corrected chi connectivity index (χ2v) is 4.71. The highest BCUT2D eigenvalue weighted by Crippen LogP contribution is 2.48. The van der Waals surface area contributed by atoms with E-state index in [1.165, 1.54) is 0 Å². The van der Waals surface area contributed by atoms with Gasteiger partial charge in [-0.3, -0.25) is 4.57 Å². The summed E-state index contributed by atoms with van der Waals surface area (Å²) in [7, 11) is -2.90. The van der Waals surface area contributed by atoms with E-state index in [4.69, 9.17) is 14.8 Å². The number of rotatable bonds is 6. The Morgan fingerprint density at radius 2 is 1.75 bits per heavy atom. The lowest BCUT2D eigenvalue weighted by molar-refractivity contribution is 0.219. The number of nitrogens with two attached hydrogens (primary N) is 1. The number of hydrogen-bond acceptors (Lipinski definition) is 4. The van der Waals surface area contributed by atoms with E-state index in [1.807, 2.05) is 0 Å². The molecule has 5 heteroatoms. The van der Waals surface area contributed by atoms with E-state index in [2.05, 4.69) is 0 Å². The predicted molar refractivity (Wildman–Crippen MR) is 49.4 cm³/mol. The van der Waals surface area contributed by atoms with E-state index in [0.717, 1.165) is 0 Å². The van der Waals surface area contributed by atoms with Crippen LogP contribution in [0.25, 0.3) is 0 Å². The molecule has 0 bridgehead atoms. The van der Waals surface area contributed by atoms with Crippen LogP contribution >= 0.6 is 7.60 Å². The molecule has 0 radical (unpaired) electrons. The van der Waals surface area contributed by atoms with Crippen molar-refractivity contribution in [3.8, 4) is 0 Å². The average molecular weight is 195 g/mol. The van der Waals surface area contributed by atoms with Crippen LogP contribution in [0.5, 0.6) is 0 Å². The standard InChI is InChI=1S/C7H18NO3P/c1-4-10-12(9,11-5-2)6-7(3)8/h7H,4-6,8H2,1-3H3/t7-/m0/s1. The van der Waals surface area contributed by atoms with Gasteiger partial charge in [-0.2, -0.15) is 0 Å². The topological polar surface area (TPSA) is 61.5 Å². The van der Waals surface area contributed by atoms with Crippen molar-refractivity contribution in [3.05, 3.63) is 0 Å². The Balaban J connectivity index is 4.08. The van der Waals surface area contributed by atoms with Crippen LogP contribution in [0.3, 0.4) is 0 Å². The van der Waals surface area contributed by atoms with E-state index in [0.29, 0.717) is 13.2 Å². The summed E-state index contributed by atoms with van der Waals surface area (Å²) in [5.41, 5.74) is 5.51. The largest absolute Gasteiger partial charge is 0.332 e. The van der Waals surface area contributed by atoms with Crippen molar-refractivity contribution in [3.63, 3.8) is 0 Å². The lowest BCUT2D eigenvalue weighted by atomic mass is 10.4. The summed E-state index contributed by atoms with van der Waals surface area (Å²) in [5, 5.41) is 0. The minimum Gasteiger partial charge on any atom is -0.327 e. The highest BCUT2D eigenvalue weighted by molar-refractivity contribution is 7.53. The first-order valence-electron chi connectivity index (χ1n) is 4.17. The molecule has 0 aromatic rings. The predicted octanol–water partition coefficient (Wildman–Crippen LogP) is 1.60. The highest BCUT2D eigenvalue weighted by Gasteiger charge is 2.24. The fourth-order valence-electron chi connectivity index (χ4n) is 0.889. The normalized spacial score (nSPS) is 14.7. The lowest BCUT2D eigenvalue weighted by Crippen LogP contribution is -2.21. The molecule has 0 aromatic heterocycles. The van der Waals surface area contributed by atoms with Crippen LogP contribution in [0.1, 0.15) is 20.8 Å². The summed E-state index contributed by atoms with van der Waals surface area (Å²) in [6, 6.07) is -0.158. The highest BCUT2D eigenvalue weighted by atomic mass is 31.2. The van der Waals surface area contributed by atoms with Crippen molar-refractivity contribution in [2.24, 2.45) is 5.73 Å². The Morgan fingerprint density at radius 1 is 1.33 bits per heavy atom. The zero-order valence-corrected chi connectivity index (χ0v) is 8.84. The van der Waals surface area contributed by atoms with Gasteiger partial charge in [0.1, 0.15) is 0 Å². The van der Waals surface area contributed by atoms with E-state index in [-0.39, 0.29) is 12.2 Å². The average Bonchev–Trinajstić information content (AvgIpc) is 1.85. The second kappa shape index (κ2) is 5.70. The smallest absolute Gasteiger partial charge is 0.327 e. The molecule has 0 aromatic carbocycles. The van der Waals surface area contributed by atoms with Crippen LogP contribution in [0.4, 0.5) is 0 Å². The Bertz CT molecular complexity index is 151. The fraction of sp³-hybridized carbons (Fsp3) is 1.00. The van der Waals surface area contributed by atoms with Gasteiger partial charge in [-0.1, -0.05) is 0 Å². The molecule has 0 heterocycles.